The van der Waals surface area contributed by atoms with Crippen LogP contribution in [-0.4, -0.2) is 49.0 Å². The standard InChI is InChI=1S/C22H19FN6O3S2/c1-2-32-19(31)10-16-12-33-21(25-16)26-18(30)13-34-22-28-27-20(14-4-3-9-24-11-14)29(22)17-7-5-15(23)6-8-17/h3-9,11-12H,2,10,13H2,1H3,(H,25,26,30). The van der Waals surface area contributed by atoms with Crippen LogP contribution < -0.4 is 5.32 Å². The van der Waals surface area contributed by atoms with Gasteiger partial charge in [0.05, 0.1) is 24.5 Å². The zero-order valence-electron chi connectivity index (χ0n) is 18.0. The molecule has 34 heavy (non-hydrogen) atoms. The number of halogens is 1. The second-order valence-electron chi connectivity index (χ2n) is 6.82. The summed E-state index contributed by atoms with van der Waals surface area (Å²) in [5, 5.41) is 13.8. The monoisotopic (exact) mass is 498 g/mol. The van der Waals surface area contributed by atoms with Gasteiger partial charge in [-0.3, -0.25) is 19.1 Å². The average molecular weight is 499 g/mol. The van der Waals surface area contributed by atoms with Gasteiger partial charge in [0, 0.05) is 29.0 Å². The molecule has 0 fully saturated rings. The van der Waals surface area contributed by atoms with Crippen LogP contribution in [0.15, 0.2) is 59.3 Å². The molecule has 4 aromatic rings. The average Bonchev–Trinajstić information content (AvgIpc) is 3.46. The molecule has 1 amide bonds. The van der Waals surface area contributed by atoms with Crippen LogP contribution in [0, 0.1) is 5.82 Å². The summed E-state index contributed by atoms with van der Waals surface area (Å²) in [5.74, 6) is -0.464. The molecule has 9 nitrogen and oxygen atoms in total. The normalized spacial score (nSPS) is 10.8. The summed E-state index contributed by atoms with van der Waals surface area (Å²) in [6.07, 6.45) is 3.35. The molecule has 0 aliphatic carbocycles. The Hall–Kier alpha value is -3.64. The van der Waals surface area contributed by atoms with Crippen molar-refractivity contribution in [3.8, 4) is 17.1 Å². The van der Waals surface area contributed by atoms with Crippen molar-refractivity contribution in [2.45, 2.75) is 18.5 Å². The third kappa shape index (κ3) is 5.83. The number of hydrogen-bond acceptors (Lipinski definition) is 9. The molecule has 0 aliphatic rings. The van der Waals surface area contributed by atoms with E-state index in [0.29, 0.717) is 34.1 Å². The summed E-state index contributed by atoms with van der Waals surface area (Å²) in [6, 6.07) is 9.55. The van der Waals surface area contributed by atoms with Crippen LogP contribution in [-0.2, 0) is 20.7 Å². The van der Waals surface area contributed by atoms with E-state index < -0.39 is 0 Å². The maximum Gasteiger partial charge on any atom is 0.311 e. The fourth-order valence-corrected chi connectivity index (χ4v) is 4.44. The Bertz CT molecular complexity index is 1280. The molecule has 0 saturated heterocycles. The molecule has 0 saturated carbocycles. The zero-order valence-corrected chi connectivity index (χ0v) is 19.6. The minimum atomic E-state index is -0.370. The van der Waals surface area contributed by atoms with E-state index in [9.17, 15) is 14.0 Å². The molecule has 4 rings (SSSR count). The molecule has 3 aromatic heterocycles. The number of hydrogen-bond donors (Lipinski definition) is 1. The maximum absolute atomic E-state index is 13.5. The number of aromatic nitrogens is 5. The minimum Gasteiger partial charge on any atom is -0.466 e. The van der Waals surface area contributed by atoms with Crippen molar-refractivity contribution in [2.24, 2.45) is 0 Å². The first kappa shape index (κ1) is 23.5. The van der Waals surface area contributed by atoms with Crippen molar-refractivity contribution in [3.63, 3.8) is 0 Å². The highest BCUT2D eigenvalue weighted by Gasteiger charge is 2.18. The predicted octanol–water partition coefficient (Wildman–Crippen LogP) is 3.76. The van der Waals surface area contributed by atoms with Gasteiger partial charge in [0.25, 0.3) is 0 Å². The molecule has 174 valence electrons. The van der Waals surface area contributed by atoms with Crippen LogP contribution in [0.2, 0.25) is 0 Å². The van der Waals surface area contributed by atoms with E-state index >= 15 is 0 Å². The van der Waals surface area contributed by atoms with Gasteiger partial charge in [-0.2, -0.15) is 0 Å². The van der Waals surface area contributed by atoms with Gasteiger partial charge >= 0.3 is 5.97 Å². The van der Waals surface area contributed by atoms with Gasteiger partial charge in [-0.15, -0.1) is 21.5 Å². The van der Waals surface area contributed by atoms with Crippen molar-refractivity contribution < 1.29 is 18.7 Å². The Kier molecular flexibility index (Phi) is 7.60. The maximum atomic E-state index is 13.5. The van der Waals surface area contributed by atoms with Gasteiger partial charge in [0.15, 0.2) is 16.1 Å². The van der Waals surface area contributed by atoms with Gasteiger partial charge in [-0.1, -0.05) is 11.8 Å². The van der Waals surface area contributed by atoms with E-state index in [-0.39, 0.29) is 29.9 Å². The van der Waals surface area contributed by atoms with Crippen molar-refractivity contribution in [3.05, 3.63) is 65.7 Å². The number of carbonyl (C=O) groups excluding carboxylic acids is 2. The van der Waals surface area contributed by atoms with Gasteiger partial charge in [-0.25, -0.2) is 9.37 Å². The molecule has 0 unspecified atom stereocenters. The van der Waals surface area contributed by atoms with E-state index in [1.54, 1.807) is 47.5 Å². The fourth-order valence-electron chi connectivity index (χ4n) is 2.96. The summed E-state index contributed by atoms with van der Waals surface area (Å²) >= 11 is 2.41. The molecule has 0 spiro atoms. The summed E-state index contributed by atoms with van der Waals surface area (Å²) < 4.78 is 20.1. The van der Waals surface area contributed by atoms with E-state index in [0.717, 1.165) is 5.56 Å². The number of rotatable bonds is 9. The molecule has 12 heteroatoms. The van der Waals surface area contributed by atoms with Crippen molar-refractivity contribution >= 4 is 40.1 Å². The van der Waals surface area contributed by atoms with Crippen molar-refractivity contribution in [2.75, 3.05) is 17.7 Å². The number of thioether (sulfide) groups is 1. The SMILES string of the molecule is CCOC(=O)Cc1csc(NC(=O)CSc2nnc(-c3cccnc3)n2-c2ccc(F)cc2)n1. The van der Waals surface area contributed by atoms with Crippen LogP contribution in [0.5, 0.6) is 0 Å². The lowest BCUT2D eigenvalue weighted by atomic mass is 10.2. The first-order chi connectivity index (χ1) is 16.5. The molecule has 0 radical (unpaired) electrons. The second-order valence-corrected chi connectivity index (χ2v) is 8.62. The van der Waals surface area contributed by atoms with E-state index in [1.165, 1.54) is 35.2 Å². The molecular formula is C22H19FN6O3S2. The number of benzene rings is 1. The van der Waals surface area contributed by atoms with E-state index in [1.807, 2.05) is 6.07 Å². The smallest absolute Gasteiger partial charge is 0.311 e. The number of esters is 1. The first-order valence-electron chi connectivity index (χ1n) is 10.2. The molecule has 1 N–H and O–H groups in total. The molecule has 0 aliphatic heterocycles. The van der Waals surface area contributed by atoms with E-state index in [4.69, 9.17) is 4.74 Å². The number of amides is 1. The number of nitrogens with one attached hydrogen (secondary N) is 1. The van der Waals surface area contributed by atoms with Gasteiger partial charge in [0.2, 0.25) is 5.91 Å². The summed E-state index contributed by atoms with van der Waals surface area (Å²) in [7, 11) is 0. The fraction of sp³-hybridized carbons (Fsp3) is 0.182. The summed E-state index contributed by atoms with van der Waals surface area (Å²) in [6.45, 7) is 2.04. The first-order valence-corrected chi connectivity index (χ1v) is 12.0. The summed E-state index contributed by atoms with van der Waals surface area (Å²) in [4.78, 5) is 32.5. The van der Waals surface area contributed by atoms with Crippen LogP contribution in [0.4, 0.5) is 9.52 Å². The third-order valence-electron chi connectivity index (χ3n) is 4.40. The van der Waals surface area contributed by atoms with Gasteiger partial charge < -0.3 is 10.1 Å². The topological polar surface area (TPSA) is 112 Å². The Morgan fingerprint density at radius 1 is 1.21 bits per heavy atom. The highest BCUT2D eigenvalue weighted by molar-refractivity contribution is 7.99. The van der Waals surface area contributed by atoms with Crippen LogP contribution in [0.25, 0.3) is 17.1 Å². The van der Waals surface area contributed by atoms with Crippen molar-refractivity contribution in [1.82, 2.24) is 24.7 Å². The molecule has 0 atom stereocenters. The third-order valence-corrected chi connectivity index (χ3v) is 6.13. The number of ether oxygens (including phenoxy) is 1. The molecular weight excluding hydrogens is 479 g/mol. The van der Waals surface area contributed by atoms with Gasteiger partial charge in [0.1, 0.15) is 5.82 Å². The lowest BCUT2D eigenvalue weighted by molar-refractivity contribution is -0.142. The Morgan fingerprint density at radius 2 is 2.03 bits per heavy atom. The zero-order chi connectivity index (χ0) is 23.9. The second kappa shape index (κ2) is 11.0. The minimum absolute atomic E-state index is 0.0408. The highest BCUT2D eigenvalue weighted by atomic mass is 32.2. The highest BCUT2D eigenvalue weighted by Crippen LogP contribution is 2.28. The Balaban J connectivity index is 1.47. The van der Waals surface area contributed by atoms with Crippen LogP contribution in [0.3, 0.4) is 0 Å². The van der Waals surface area contributed by atoms with E-state index in [2.05, 4.69) is 25.5 Å². The largest absolute Gasteiger partial charge is 0.466 e. The molecule has 3 heterocycles. The van der Waals surface area contributed by atoms with Crippen molar-refractivity contribution in [1.29, 1.82) is 0 Å². The number of nitrogens with zero attached hydrogens (tertiary/aromatic N) is 5. The lowest BCUT2D eigenvalue weighted by Gasteiger charge is -2.10. The Morgan fingerprint density at radius 3 is 2.76 bits per heavy atom. The van der Waals surface area contributed by atoms with Crippen LogP contribution in [0.1, 0.15) is 12.6 Å². The number of thiazole rings is 1. The molecule has 1 aromatic carbocycles. The summed E-state index contributed by atoms with van der Waals surface area (Å²) in [5.41, 5.74) is 1.91. The van der Waals surface area contributed by atoms with Gasteiger partial charge in [-0.05, 0) is 43.3 Å². The van der Waals surface area contributed by atoms with Crippen LogP contribution >= 0.6 is 23.1 Å². The number of anilines is 1. The lowest BCUT2D eigenvalue weighted by Crippen LogP contribution is -2.15. The molecule has 0 bridgehead atoms. The Labute approximate surface area is 202 Å². The quantitative estimate of drug-likeness (QED) is 0.274. The number of pyridine rings is 1. The number of carbonyl (C=O) groups is 2. The predicted molar refractivity (Wildman–Crippen MR) is 126 cm³/mol.